The maximum absolute atomic E-state index is 12.5. The van der Waals surface area contributed by atoms with Gasteiger partial charge in [0.2, 0.25) is 0 Å². The monoisotopic (exact) mass is 271 g/mol. The van der Waals surface area contributed by atoms with E-state index in [-0.39, 0.29) is 0 Å². The van der Waals surface area contributed by atoms with E-state index in [2.05, 4.69) is 0 Å². The van der Waals surface area contributed by atoms with Gasteiger partial charge in [0.25, 0.3) is 6.43 Å². The van der Waals surface area contributed by atoms with Crippen molar-refractivity contribution in [2.24, 2.45) is 0 Å². The number of alkyl halides is 5. The Morgan fingerprint density at radius 1 is 1.39 bits per heavy atom. The highest BCUT2D eigenvalue weighted by Crippen LogP contribution is 2.33. The van der Waals surface area contributed by atoms with Crippen LogP contribution in [0.3, 0.4) is 0 Å². The first-order chi connectivity index (χ1) is 8.12. The van der Waals surface area contributed by atoms with Gasteiger partial charge in [-0.05, 0) is 0 Å². The molecule has 0 bridgehead atoms. The molecule has 0 unspecified atom stereocenters. The van der Waals surface area contributed by atoms with E-state index in [1.54, 1.807) is 0 Å². The number of rotatable bonds is 3. The molecule has 18 heavy (non-hydrogen) atoms. The molecule has 0 atom stereocenters. The van der Waals surface area contributed by atoms with Crippen LogP contribution in [0, 0.1) is 0 Å². The summed E-state index contributed by atoms with van der Waals surface area (Å²) in [4.78, 5) is 23.0. The summed E-state index contributed by atoms with van der Waals surface area (Å²) in [5.41, 5.74) is -5.77. The third-order valence-corrected chi connectivity index (χ3v) is 1.97. The topological polar surface area (TPSA) is 70.2 Å². The fourth-order valence-electron chi connectivity index (χ4n) is 1.32. The Hall–Kier alpha value is -1.93. The van der Waals surface area contributed by atoms with Gasteiger partial charge in [0.15, 0.2) is 5.43 Å². The smallest absolute Gasteiger partial charge is 0.431 e. The van der Waals surface area contributed by atoms with E-state index in [4.69, 9.17) is 5.11 Å². The molecule has 0 spiro atoms. The maximum atomic E-state index is 12.5. The number of aliphatic carboxylic acids is 1. The van der Waals surface area contributed by atoms with Gasteiger partial charge in [-0.15, -0.1) is 0 Å². The predicted molar refractivity (Wildman–Crippen MR) is 48.4 cm³/mol. The van der Waals surface area contributed by atoms with E-state index in [1.165, 1.54) is 4.98 Å². The molecule has 100 valence electrons. The molecule has 0 radical (unpaired) electrons. The molecular formula is C9H6F5NO3. The summed E-state index contributed by atoms with van der Waals surface area (Å²) >= 11 is 0. The number of halogens is 5. The number of pyridine rings is 1. The van der Waals surface area contributed by atoms with Crippen molar-refractivity contribution in [3.63, 3.8) is 0 Å². The Kier molecular flexibility index (Phi) is 3.73. The number of aromatic amines is 1. The van der Waals surface area contributed by atoms with Crippen LogP contribution >= 0.6 is 0 Å². The van der Waals surface area contributed by atoms with Gasteiger partial charge in [0, 0.05) is 11.8 Å². The minimum Gasteiger partial charge on any atom is -0.481 e. The number of H-pyrrole nitrogens is 1. The highest BCUT2D eigenvalue weighted by molar-refractivity contribution is 5.69. The third kappa shape index (κ3) is 3.05. The van der Waals surface area contributed by atoms with Crippen molar-refractivity contribution in [1.29, 1.82) is 0 Å². The number of carboxylic acids is 1. The average molecular weight is 271 g/mol. The van der Waals surface area contributed by atoms with Crippen LogP contribution in [0.2, 0.25) is 0 Å². The molecule has 9 heteroatoms. The zero-order valence-corrected chi connectivity index (χ0v) is 8.52. The molecule has 4 nitrogen and oxygen atoms in total. The second kappa shape index (κ2) is 4.75. The zero-order chi connectivity index (χ0) is 14.1. The zero-order valence-electron chi connectivity index (χ0n) is 8.52. The number of carboxylic acid groups (broad SMARTS) is 1. The second-order valence-electron chi connectivity index (χ2n) is 3.32. The fourth-order valence-corrected chi connectivity index (χ4v) is 1.32. The van der Waals surface area contributed by atoms with Crippen molar-refractivity contribution in [1.82, 2.24) is 4.98 Å². The lowest BCUT2D eigenvalue weighted by Gasteiger charge is -2.13. The van der Waals surface area contributed by atoms with E-state index in [0.29, 0.717) is 6.07 Å². The predicted octanol–water partition coefficient (Wildman–Crippen LogP) is 1.96. The first-order valence-electron chi connectivity index (χ1n) is 4.46. The molecule has 0 saturated heterocycles. The van der Waals surface area contributed by atoms with Gasteiger partial charge in [-0.2, -0.15) is 13.2 Å². The van der Waals surface area contributed by atoms with Gasteiger partial charge >= 0.3 is 12.1 Å². The van der Waals surface area contributed by atoms with Crippen LogP contribution in [0.5, 0.6) is 0 Å². The van der Waals surface area contributed by atoms with Gasteiger partial charge < -0.3 is 10.1 Å². The van der Waals surface area contributed by atoms with E-state index in [0.717, 1.165) is 0 Å². The molecule has 1 heterocycles. The highest BCUT2D eigenvalue weighted by atomic mass is 19.4. The Bertz CT molecular complexity index is 520. The Morgan fingerprint density at radius 2 is 1.94 bits per heavy atom. The van der Waals surface area contributed by atoms with E-state index < -0.39 is 47.4 Å². The quantitative estimate of drug-likeness (QED) is 0.825. The summed E-state index contributed by atoms with van der Waals surface area (Å²) in [6.45, 7) is 0. The molecule has 0 aromatic carbocycles. The summed E-state index contributed by atoms with van der Waals surface area (Å²) in [7, 11) is 0. The first-order valence-corrected chi connectivity index (χ1v) is 4.46. The second-order valence-corrected chi connectivity index (χ2v) is 3.32. The van der Waals surface area contributed by atoms with Crippen molar-refractivity contribution in [3.8, 4) is 0 Å². The van der Waals surface area contributed by atoms with Gasteiger partial charge in [-0.25, -0.2) is 8.78 Å². The molecule has 0 saturated carbocycles. The molecule has 1 aromatic heterocycles. The Balaban J connectivity index is 3.48. The van der Waals surface area contributed by atoms with Crippen molar-refractivity contribution in [2.45, 2.75) is 19.0 Å². The van der Waals surface area contributed by atoms with E-state index in [9.17, 15) is 31.5 Å². The lowest BCUT2D eigenvalue weighted by Crippen LogP contribution is -2.23. The van der Waals surface area contributed by atoms with E-state index >= 15 is 0 Å². The van der Waals surface area contributed by atoms with Crippen LogP contribution in [-0.2, 0) is 17.4 Å². The number of nitrogens with one attached hydrogen (secondary N) is 1. The minimum atomic E-state index is -5.20. The summed E-state index contributed by atoms with van der Waals surface area (Å²) < 4.78 is 62.1. The van der Waals surface area contributed by atoms with Gasteiger partial charge in [0.05, 0.1) is 12.0 Å². The standard InChI is InChI=1S/C9H6F5NO3/c10-8(11)6-4(16)1-3(2-5(17)18)15-7(6)9(12,13)14/h1,8H,2H2,(H,15,16)(H,17,18). The normalized spacial score (nSPS) is 11.9. The molecule has 0 aliphatic carbocycles. The average Bonchev–Trinajstić information content (AvgIpc) is 2.12. The third-order valence-electron chi connectivity index (χ3n) is 1.97. The number of hydrogen-bond acceptors (Lipinski definition) is 2. The molecule has 0 aliphatic rings. The summed E-state index contributed by atoms with van der Waals surface area (Å²) in [6.07, 6.45) is -9.70. The minimum absolute atomic E-state index is 0.421. The first kappa shape index (κ1) is 14.1. The van der Waals surface area contributed by atoms with Crippen molar-refractivity contribution < 1.29 is 31.9 Å². The Morgan fingerprint density at radius 3 is 2.33 bits per heavy atom. The lowest BCUT2D eigenvalue weighted by atomic mass is 10.1. The molecule has 0 aliphatic heterocycles. The summed E-state index contributed by atoms with van der Waals surface area (Å²) in [5, 5.41) is 8.38. The molecule has 0 amide bonds. The maximum Gasteiger partial charge on any atom is 0.431 e. The molecule has 1 rings (SSSR count). The number of carbonyl (C=O) groups is 1. The van der Waals surface area contributed by atoms with Crippen LogP contribution in [0.25, 0.3) is 0 Å². The van der Waals surface area contributed by atoms with Crippen LogP contribution in [0.1, 0.15) is 23.4 Å². The van der Waals surface area contributed by atoms with Crippen molar-refractivity contribution in [3.05, 3.63) is 33.2 Å². The molecule has 1 aromatic rings. The fraction of sp³-hybridized carbons (Fsp3) is 0.333. The van der Waals surface area contributed by atoms with Crippen LogP contribution in [-0.4, -0.2) is 16.1 Å². The van der Waals surface area contributed by atoms with Gasteiger partial charge in [-0.1, -0.05) is 0 Å². The van der Waals surface area contributed by atoms with Crippen LogP contribution < -0.4 is 5.43 Å². The molecule has 2 N–H and O–H groups in total. The van der Waals surface area contributed by atoms with Crippen molar-refractivity contribution in [2.75, 3.05) is 0 Å². The largest absolute Gasteiger partial charge is 0.481 e. The van der Waals surface area contributed by atoms with Gasteiger partial charge in [0.1, 0.15) is 5.69 Å². The van der Waals surface area contributed by atoms with Crippen LogP contribution in [0.4, 0.5) is 22.0 Å². The number of aromatic nitrogens is 1. The Labute approximate surface area is 96.1 Å². The summed E-state index contributed by atoms with van der Waals surface area (Å²) in [5.74, 6) is -1.50. The lowest BCUT2D eigenvalue weighted by molar-refractivity contribution is -0.144. The van der Waals surface area contributed by atoms with Crippen molar-refractivity contribution >= 4 is 5.97 Å². The molecular weight excluding hydrogens is 265 g/mol. The molecule has 0 fully saturated rings. The summed E-state index contributed by atoms with van der Waals surface area (Å²) in [6, 6.07) is 0.421. The highest BCUT2D eigenvalue weighted by Gasteiger charge is 2.38. The SMILES string of the molecule is O=C(O)Cc1cc(=O)c(C(F)F)c(C(F)(F)F)[nH]1. The number of hydrogen-bond donors (Lipinski definition) is 2. The van der Waals surface area contributed by atoms with E-state index in [1.807, 2.05) is 0 Å². The van der Waals surface area contributed by atoms with Gasteiger partial charge in [-0.3, -0.25) is 9.59 Å². The van der Waals surface area contributed by atoms with Crippen LogP contribution in [0.15, 0.2) is 10.9 Å².